The lowest BCUT2D eigenvalue weighted by atomic mass is 10.3. The van der Waals surface area contributed by atoms with Gasteiger partial charge < -0.3 is 9.64 Å². The normalized spacial score (nSPS) is 17.3. The number of halogens is 3. The van der Waals surface area contributed by atoms with Crippen LogP contribution in [0, 0.1) is 10.1 Å². The molecule has 0 amide bonds. The predicted octanol–water partition coefficient (Wildman–Crippen LogP) is 3.21. The van der Waals surface area contributed by atoms with E-state index < -0.39 is 4.92 Å². The highest BCUT2D eigenvalue weighted by atomic mass is 79.9. The van der Waals surface area contributed by atoms with Gasteiger partial charge in [-0.15, -0.1) is 5.10 Å². The molecule has 0 unspecified atom stereocenters. The second kappa shape index (κ2) is 7.69. The number of para-hydroxylation sites is 1. The van der Waals surface area contributed by atoms with E-state index in [1.807, 2.05) is 6.07 Å². The molecule has 1 aromatic heterocycles. The van der Waals surface area contributed by atoms with Crippen LogP contribution in [0.25, 0.3) is 16.9 Å². The summed E-state index contributed by atoms with van der Waals surface area (Å²) < 4.78 is 6.69. The van der Waals surface area contributed by atoms with Crippen LogP contribution in [0.5, 0.6) is 0 Å². The number of allylic oxidation sites excluding steroid dienone is 1. The minimum atomic E-state index is -0.576. The molecule has 0 bridgehead atoms. The van der Waals surface area contributed by atoms with Crippen molar-refractivity contribution in [3.8, 4) is 0 Å². The summed E-state index contributed by atoms with van der Waals surface area (Å²) in [6.07, 6.45) is 0. The van der Waals surface area contributed by atoms with Crippen molar-refractivity contribution in [2.45, 2.75) is 0 Å². The van der Waals surface area contributed by atoms with Crippen LogP contribution in [0.4, 0.5) is 0 Å². The Labute approximate surface area is 160 Å². The molecule has 0 atom stereocenters. The molecule has 0 N–H and O–H groups in total. The number of rotatable bonds is 4. The second-order valence-electron chi connectivity index (χ2n) is 5.09. The highest BCUT2D eigenvalue weighted by molar-refractivity contribution is 9.12. The van der Waals surface area contributed by atoms with Gasteiger partial charge in [0.25, 0.3) is 0 Å². The van der Waals surface area contributed by atoms with Gasteiger partial charge in [0, 0.05) is 13.1 Å². The van der Waals surface area contributed by atoms with Gasteiger partial charge in [0.1, 0.15) is 14.5 Å². The van der Waals surface area contributed by atoms with Crippen molar-refractivity contribution in [1.29, 1.82) is 0 Å². The van der Waals surface area contributed by atoms with Crippen molar-refractivity contribution in [2.24, 2.45) is 0 Å². The van der Waals surface area contributed by atoms with Crippen LogP contribution in [0.2, 0.25) is 0 Å². The van der Waals surface area contributed by atoms with Gasteiger partial charge in [-0.05, 0) is 28.1 Å². The summed E-state index contributed by atoms with van der Waals surface area (Å²) in [5.41, 5.74) is 0.876. The van der Waals surface area contributed by atoms with Crippen LogP contribution in [0.3, 0.4) is 0 Å². The molecule has 132 valence electrons. The van der Waals surface area contributed by atoms with E-state index in [9.17, 15) is 10.1 Å². The molecule has 2 heterocycles. The molecule has 3 rings (SSSR count). The Hall–Kier alpha value is -1.68. The third kappa shape index (κ3) is 3.64. The molecule has 1 aliphatic rings. The van der Waals surface area contributed by atoms with E-state index in [4.69, 9.17) is 27.9 Å². The molecular weight excluding hydrogens is 437 g/mol. The van der Waals surface area contributed by atoms with Crippen molar-refractivity contribution >= 4 is 56.0 Å². The van der Waals surface area contributed by atoms with Crippen LogP contribution in [-0.2, 0) is 4.74 Å². The molecular formula is C14H12BrCl2N5O3. The van der Waals surface area contributed by atoms with Crippen LogP contribution in [-0.4, -0.2) is 51.1 Å². The van der Waals surface area contributed by atoms with Gasteiger partial charge >= 0.3 is 5.70 Å². The molecule has 2 aromatic rings. The van der Waals surface area contributed by atoms with Gasteiger partial charge in [-0.3, -0.25) is 10.1 Å². The van der Waals surface area contributed by atoms with Crippen LogP contribution < -0.4 is 0 Å². The number of ether oxygens (including phenoxy) is 1. The number of morpholine rings is 1. The van der Waals surface area contributed by atoms with Crippen molar-refractivity contribution in [3.63, 3.8) is 0 Å². The van der Waals surface area contributed by atoms with Crippen molar-refractivity contribution in [2.75, 3.05) is 26.3 Å². The number of aromatic nitrogens is 3. The summed E-state index contributed by atoms with van der Waals surface area (Å²) in [6.45, 7) is 1.77. The lowest BCUT2D eigenvalue weighted by molar-refractivity contribution is -0.419. The SMILES string of the molecule is O=[N+]([O-])C(=C(N1CCOCC1)n1nnc2ccccc21)/C(Cl)=C(\Cl)Br. The zero-order valence-electron chi connectivity index (χ0n) is 12.7. The number of hydrogen-bond donors (Lipinski definition) is 0. The fraction of sp³-hybridized carbons (Fsp3) is 0.286. The van der Waals surface area contributed by atoms with Crippen LogP contribution >= 0.6 is 39.1 Å². The zero-order chi connectivity index (χ0) is 18.0. The Morgan fingerprint density at radius 1 is 1.28 bits per heavy atom. The lowest BCUT2D eigenvalue weighted by Crippen LogP contribution is -2.38. The number of hydrogen-bond acceptors (Lipinski definition) is 6. The molecule has 0 saturated carbocycles. The van der Waals surface area contributed by atoms with E-state index in [1.165, 1.54) is 4.68 Å². The number of benzene rings is 1. The molecule has 0 aliphatic carbocycles. The van der Waals surface area contributed by atoms with Gasteiger partial charge in [-0.25, -0.2) is 0 Å². The van der Waals surface area contributed by atoms with E-state index in [1.54, 1.807) is 23.1 Å². The number of fused-ring (bicyclic) bond motifs is 1. The fourth-order valence-electron chi connectivity index (χ4n) is 2.53. The first-order chi connectivity index (χ1) is 12.0. The van der Waals surface area contributed by atoms with E-state index >= 15 is 0 Å². The van der Waals surface area contributed by atoms with Crippen LogP contribution in [0.15, 0.2) is 38.9 Å². The second-order valence-corrected chi connectivity index (χ2v) is 7.10. The summed E-state index contributed by atoms with van der Waals surface area (Å²) in [5.74, 6) is 0.199. The van der Waals surface area contributed by atoms with Gasteiger partial charge in [0.05, 0.1) is 23.7 Å². The molecule has 8 nitrogen and oxygen atoms in total. The van der Waals surface area contributed by atoms with E-state index in [-0.39, 0.29) is 20.5 Å². The molecule has 1 fully saturated rings. The Balaban J connectivity index is 2.30. The quantitative estimate of drug-likeness (QED) is 0.405. The van der Waals surface area contributed by atoms with Gasteiger partial charge in [-0.1, -0.05) is 40.5 Å². The third-order valence-electron chi connectivity index (χ3n) is 3.63. The van der Waals surface area contributed by atoms with Crippen molar-refractivity contribution in [1.82, 2.24) is 19.9 Å². The Bertz CT molecular complexity index is 872. The lowest BCUT2D eigenvalue weighted by Gasteiger charge is -2.30. The van der Waals surface area contributed by atoms with E-state index in [0.717, 1.165) is 0 Å². The smallest absolute Gasteiger partial charge is 0.332 e. The molecule has 1 aromatic carbocycles. The summed E-state index contributed by atoms with van der Waals surface area (Å²) in [7, 11) is 0. The maximum absolute atomic E-state index is 11.8. The summed E-state index contributed by atoms with van der Waals surface area (Å²) in [5, 5.41) is 19.7. The Kier molecular flexibility index (Phi) is 5.57. The minimum absolute atomic E-state index is 0.0592. The molecule has 1 saturated heterocycles. The molecule has 11 heteroatoms. The standard InChI is InChI=1S/C14H12BrCl2N5O3/c15-13(17)11(16)12(22(23)24)14(20-5-7-25-8-6-20)21-10-4-2-1-3-9(10)18-19-21/h1-4H,5-8H2/b13-11+,14-12?. The molecule has 0 spiro atoms. The van der Waals surface area contributed by atoms with Crippen molar-refractivity contribution < 1.29 is 9.66 Å². The average Bonchev–Trinajstić information content (AvgIpc) is 3.03. The first-order valence-electron chi connectivity index (χ1n) is 7.24. The number of nitro groups is 1. The molecule has 1 aliphatic heterocycles. The Morgan fingerprint density at radius 3 is 2.60 bits per heavy atom. The largest absolute Gasteiger partial charge is 0.378 e. The third-order valence-corrected chi connectivity index (χ3v) is 4.91. The highest BCUT2D eigenvalue weighted by Crippen LogP contribution is 2.33. The first-order valence-corrected chi connectivity index (χ1v) is 8.79. The van der Waals surface area contributed by atoms with Gasteiger partial charge in [0.2, 0.25) is 5.82 Å². The maximum Gasteiger partial charge on any atom is 0.332 e. The molecule has 0 radical (unpaired) electrons. The van der Waals surface area contributed by atoms with E-state index in [0.29, 0.717) is 37.3 Å². The topological polar surface area (TPSA) is 86.3 Å². The van der Waals surface area contributed by atoms with Gasteiger partial charge in [-0.2, -0.15) is 4.68 Å². The highest BCUT2D eigenvalue weighted by Gasteiger charge is 2.32. The molecule has 25 heavy (non-hydrogen) atoms. The summed E-state index contributed by atoms with van der Waals surface area (Å²) in [4.78, 5) is 13.0. The first kappa shape index (κ1) is 18.1. The predicted molar refractivity (Wildman–Crippen MR) is 97.8 cm³/mol. The Morgan fingerprint density at radius 2 is 1.96 bits per heavy atom. The van der Waals surface area contributed by atoms with Crippen molar-refractivity contribution in [3.05, 3.63) is 49.1 Å². The summed E-state index contributed by atoms with van der Waals surface area (Å²) >= 11 is 15.0. The van der Waals surface area contributed by atoms with Gasteiger partial charge in [0.15, 0.2) is 0 Å². The fourth-order valence-corrected chi connectivity index (χ4v) is 2.96. The van der Waals surface area contributed by atoms with Crippen LogP contribution in [0.1, 0.15) is 0 Å². The zero-order valence-corrected chi connectivity index (χ0v) is 15.8. The number of nitrogens with zero attached hydrogens (tertiary/aromatic N) is 5. The van der Waals surface area contributed by atoms with E-state index in [2.05, 4.69) is 26.2 Å². The summed E-state index contributed by atoms with van der Waals surface area (Å²) in [6, 6.07) is 7.17. The minimum Gasteiger partial charge on any atom is -0.378 e. The monoisotopic (exact) mass is 447 g/mol. The maximum atomic E-state index is 11.8. The average molecular weight is 449 g/mol.